The molecule has 2 nitrogen and oxygen atoms in total. The highest BCUT2D eigenvalue weighted by molar-refractivity contribution is 5.88. The lowest BCUT2D eigenvalue weighted by atomic mass is 9.95. The van der Waals surface area contributed by atoms with Crippen LogP contribution in [0.3, 0.4) is 0 Å². The largest absolute Gasteiger partial charge is 0.358 e. The Labute approximate surface area is 153 Å². The monoisotopic (exact) mass is 338 g/mol. The van der Waals surface area contributed by atoms with Gasteiger partial charge in [0.05, 0.1) is 0 Å². The van der Waals surface area contributed by atoms with Gasteiger partial charge in [-0.15, -0.1) is 0 Å². The van der Waals surface area contributed by atoms with E-state index in [1.165, 1.54) is 50.2 Å². The molecule has 0 aliphatic heterocycles. The van der Waals surface area contributed by atoms with Gasteiger partial charge in [-0.3, -0.25) is 0 Å². The Kier molecular flexibility index (Phi) is 3.39. The standard InChI is InChI=1S/C24H22N2/c1-15-6-3-10-19-13-21(25-23(15)19)17-8-5-9-18(12-17)22-14-20-11-4-7-16(2)24(20)26-22/h3-6,8-14,16,25-26H,7H2,1-2H3. The minimum absolute atomic E-state index is 0.559. The van der Waals surface area contributed by atoms with Crippen LogP contribution >= 0.6 is 0 Å². The molecule has 1 unspecified atom stereocenters. The van der Waals surface area contributed by atoms with Crippen LogP contribution in [-0.2, 0) is 0 Å². The van der Waals surface area contributed by atoms with E-state index in [1.807, 2.05) is 0 Å². The number of nitrogens with one attached hydrogen (secondary N) is 2. The van der Waals surface area contributed by atoms with Crippen LogP contribution in [0.1, 0.15) is 36.1 Å². The predicted molar refractivity (Wildman–Crippen MR) is 110 cm³/mol. The van der Waals surface area contributed by atoms with E-state index in [1.54, 1.807) is 0 Å². The summed E-state index contributed by atoms with van der Waals surface area (Å²) in [5.41, 5.74) is 10.00. The normalized spacial score (nSPS) is 16.2. The van der Waals surface area contributed by atoms with Crippen molar-refractivity contribution in [1.29, 1.82) is 0 Å². The topological polar surface area (TPSA) is 31.6 Å². The van der Waals surface area contributed by atoms with Crippen molar-refractivity contribution in [2.75, 3.05) is 0 Å². The molecule has 26 heavy (non-hydrogen) atoms. The Bertz CT molecular complexity index is 1140. The van der Waals surface area contributed by atoms with Crippen LogP contribution in [0.15, 0.2) is 60.7 Å². The van der Waals surface area contributed by atoms with Crippen LogP contribution in [0.4, 0.5) is 0 Å². The van der Waals surface area contributed by atoms with Crippen molar-refractivity contribution in [1.82, 2.24) is 9.97 Å². The van der Waals surface area contributed by atoms with Gasteiger partial charge in [0, 0.05) is 33.9 Å². The van der Waals surface area contributed by atoms with Gasteiger partial charge in [0.25, 0.3) is 0 Å². The third-order valence-corrected chi connectivity index (χ3v) is 5.51. The summed E-state index contributed by atoms with van der Waals surface area (Å²) in [5.74, 6) is 0.559. The molecule has 1 aliphatic rings. The van der Waals surface area contributed by atoms with Crippen molar-refractivity contribution in [2.45, 2.75) is 26.2 Å². The van der Waals surface area contributed by atoms with E-state index in [-0.39, 0.29) is 0 Å². The van der Waals surface area contributed by atoms with Gasteiger partial charge in [0.2, 0.25) is 0 Å². The van der Waals surface area contributed by atoms with Gasteiger partial charge >= 0.3 is 0 Å². The molecule has 0 saturated carbocycles. The van der Waals surface area contributed by atoms with Gasteiger partial charge in [-0.05, 0) is 53.8 Å². The molecule has 0 spiro atoms. The average Bonchev–Trinajstić information content (AvgIpc) is 3.28. The molecule has 2 aromatic carbocycles. The Morgan fingerprint density at radius 1 is 0.885 bits per heavy atom. The predicted octanol–water partition coefficient (Wildman–Crippen LogP) is 6.66. The zero-order valence-corrected chi connectivity index (χ0v) is 15.1. The second kappa shape index (κ2) is 5.77. The van der Waals surface area contributed by atoms with Crippen LogP contribution in [0.2, 0.25) is 0 Å². The van der Waals surface area contributed by atoms with Crippen LogP contribution in [-0.4, -0.2) is 9.97 Å². The number of H-pyrrole nitrogens is 2. The van der Waals surface area contributed by atoms with E-state index in [0.29, 0.717) is 5.92 Å². The first-order valence-electron chi connectivity index (χ1n) is 9.27. The van der Waals surface area contributed by atoms with Gasteiger partial charge in [-0.1, -0.05) is 55.5 Å². The average molecular weight is 338 g/mol. The third kappa shape index (κ3) is 2.41. The highest BCUT2D eigenvalue weighted by Gasteiger charge is 2.16. The van der Waals surface area contributed by atoms with Crippen molar-refractivity contribution in [2.24, 2.45) is 0 Å². The highest BCUT2D eigenvalue weighted by atomic mass is 14.7. The van der Waals surface area contributed by atoms with Crippen molar-refractivity contribution in [3.05, 3.63) is 77.5 Å². The Hall–Kier alpha value is -3.00. The van der Waals surface area contributed by atoms with Crippen molar-refractivity contribution in [3.63, 3.8) is 0 Å². The second-order valence-corrected chi connectivity index (χ2v) is 7.39. The van der Waals surface area contributed by atoms with E-state index in [9.17, 15) is 0 Å². The van der Waals surface area contributed by atoms with Gasteiger partial charge in [-0.2, -0.15) is 0 Å². The first kappa shape index (κ1) is 15.3. The number of para-hydroxylation sites is 1. The maximum atomic E-state index is 3.65. The summed E-state index contributed by atoms with van der Waals surface area (Å²) in [6.45, 7) is 4.43. The number of fused-ring (bicyclic) bond motifs is 2. The number of aryl methyl sites for hydroxylation is 1. The maximum Gasteiger partial charge on any atom is 0.0488 e. The molecule has 0 radical (unpaired) electrons. The summed E-state index contributed by atoms with van der Waals surface area (Å²) in [5, 5.41) is 1.26. The molecule has 0 saturated heterocycles. The number of aromatic amines is 2. The number of allylic oxidation sites excluding steroid dienone is 1. The molecule has 1 atom stereocenters. The summed E-state index contributed by atoms with van der Waals surface area (Å²) in [4.78, 5) is 7.25. The zero-order valence-electron chi connectivity index (χ0n) is 15.1. The molecule has 2 N–H and O–H groups in total. The highest BCUT2D eigenvalue weighted by Crippen LogP contribution is 2.34. The Morgan fingerprint density at radius 2 is 1.65 bits per heavy atom. The van der Waals surface area contributed by atoms with Crippen LogP contribution in [0.25, 0.3) is 39.5 Å². The Morgan fingerprint density at radius 3 is 2.42 bits per heavy atom. The molecule has 0 amide bonds. The van der Waals surface area contributed by atoms with Crippen molar-refractivity contribution in [3.8, 4) is 22.5 Å². The Balaban J connectivity index is 1.59. The van der Waals surface area contributed by atoms with E-state index in [2.05, 4.69) is 90.6 Å². The lowest BCUT2D eigenvalue weighted by Gasteiger charge is -2.12. The summed E-state index contributed by atoms with van der Waals surface area (Å²) in [7, 11) is 0. The van der Waals surface area contributed by atoms with E-state index >= 15 is 0 Å². The molecule has 0 fully saturated rings. The van der Waals surface area contributed by atoms with Gasteiger partial charge in [-0.25, -0.2) is 0 Å². The fraction of sp³-hybridized carbons (Fsp3) is 0.167. The molecule has 2 heterocycles. The first-order chi connectivity index (χ1) is 12.7. The fourth-order valence-corrected chi connectivity index (χ4v) is 4.02. The van der Waals surface area contributed by atoms with Crippen LogP contribution in [0, 0.1) is 6.92 Å². The molecule has 2 heteroatoms. The number of benzene rings is 2. The van der Waals surface area contributed by atoms with Crippen LogP contribution in [0.5, 0.6) is 0 Å². The number of aromatic nitrogens is 2. The molecular formula is C24H22N2. The van der Waals surface area contributed by atoms with Gasteiger partial charge in [0.15, 0.2) is 0 Å². The van der Waals surface area contributed by atoms with E-state index in [4.69, 9.17) is 0 Å². The van der Waals surface area contributed by atoms with Gasteiger partial charge in [0.1, 0.15) is 0 Å². The van der Waals surface area contributed by atoms with Crippen molar-refractivity contribution < 1.29 is 0 Å². The van der Waals surface area contributed by atoms with Crippen LogP contribution < -0.4 is 0 Å². The quantitative estimate of drug-likeness (QED) is 0.409. The van der Waals surface area contributed by atoms with E-state index < -0.39 is 0 Å². The summed E-state index contributed by atoms with van der Waals surface area (Å²) in [6.07, 6.45) is 5.62. The number of rotatable bonds is 2. The molecule has 0 bridgehead atoms. The minimum atomic E-state index is 0.559. The molecule has 2 aromatic heterocycles. The third-order valence-electron chi connectivity index (χ3n) is 5.51. The maximum absolute atomic E-state index is 3.65. The second-order valence-electron chi connectivity index (χ2n) is 7.39. The zero-order chi connectivity index (χ0) is 17.7. The SMILES string of the molecule is Cc1cccc2cc(-c3cccc(-c4cc5c([nH]4)C(C)CC=C5)c3)[nH]c12. The lowest BCUT2D eigenvalue weighted by molar-refractivity contribution is 0.748. The van der Waals surface area contributed by atoms with Crippen molar-refractivity contribution >= 4 is 17.0 Å². The number of hydrogen-bond donors (Lipinski definition) is 2. The minimum Gasteiger partial charge on any atom is -0.358 e. The van der Waals surface area contributed by atoms with E-state index in [0.717, 1.165) is 6.42 Å². The summed E-state index contributed by atoms with van der Waals surface area (Å²) < 4.78 is 0. The number of hydrogen-bond acceptors (Lipinski definition) is 0. The lowest BCUT2D eigenvalue weighted by Crippen LogP contribution is -1.98. The molecular weight excluding hydrogens is 316 g/mol. The fourth-order valence-electron chi connectivity index (χ4n) is 4.02. The smallest absolute Gasteiger partial charge is 0.0488 e. The summed E-state index contributed by atoms with van der Waals surface area (Å²) in [6, 6.07) is 19.7. The molecule has 4 aromatic rings. The van der Waals surface area contributed by atoms with Gasteiger partial charge < -0.3 is 9.97 Å². The first-order valence-corrected chi connectivity index (χ1v) is 9.27. The molecule has 5 rings (SSSR count). The molecule has 128 valence electrons. The summed E-state index contributed by atoms with van der Waals surface area (Å²) >= 11 is 0. The molecule has 1 aliphatic carbocycles.